The number of carboxylic acid groups (broad SMARTS) is 3. The first-order valence-corrected chi connectivity index (χ1v) is 5.96. The molecule has 9 heteroatoms. The van der Waals surface area contributed by atoms with Crippen LogP contribution in [0.3, 0.4) is 0 Å². The van der Waals surface area contributed by atoms with Crippen molar-refractivity contribution < 1.29 is 34.2 Å². The Hall–Kier alpha value is -3.23. The van der Waals surface area contributed by atoms with Crippen molar-refractivity contribution in [3.05, 3.63) is 36.2 Å². The zero-order chi connectivity index (χ0) is 16.3. The third-order valence-corrected chi connectivity index (χ3v) is 3.01. The molecule has 0 saturated carbocycles. The fourth-order valence-corrected chi connectivity index (χ4v) is 1.76. The lowest BCUT2D eigenvalue weighted by Gasteiger charge is -2.17. The molecule has 1 aromatic heterocycles. The summed E-state index contributed by atoms with van der Waals surface area (Å²) in [6.07, 6.45) is -0.941. The second-order valence-electron chi connectivity index (χ2n) is 4.38. The van der Waals surface area contributed by atoms with E-state index in [9.17, 15) is 14.4 Å². The molecule has 9 nitrogen and oxygen atoms in total. The van der Waals surface area contributed by atoms with Gasteiger partial charge in [0.2, 0.25) is 0 Å². The Morgan fingerprint density at radius 2 is 1.55 bits per heavy atom. The number of aliphatic carboxylic acids is 3. The van der Waals surface area contributed by atoms with Crippen molar-refractivity contribution >= 4 is 17.9 Å². The number of hydrogen-bond donors (Lipinski definition) is 3. The van der Waals surface area contributed by atoms with Gasteiger partial charge in [0.05, 0.1) is 0 Å². The van der Waals surface area contributed by atoms with E-state index in [4.69, 9.17) is 19.8 Å². The van der Waals surface area contributed by atoms with Gasteiger partial charge in [0.1, 0.15) is 0 Å². The molecule has 0 amide bonds. The summed E-state index contributed by atoms with van der Waals surface area (Å²) in [4.78, 5) is 37.3. The van der Waals surface area contributed by atoms with Crippen LogP contribution in [0.15, 0.2) is 34.9 Å². The van der Waals surface area contributed by atoms with Gasteiger partial charge in [-0.15, -0.1) is 0 Å². The Bertz CT molecular complexity index is 687. The van der Waals surface area contributed by atoms with Crippen molar-refractivity contribution in [3.63, 3.8) is 0 Å². The average Bonchev–Trinajstić information content (AvgIpc) is 2.93. The van der Waals surface area contributed by atoms with E-state index in [1.54, 1.807) is 30.3 Å². The largest absolute Gasteiger partial charge is 0.480 e. The van der Waals surface area contributed by atoms with Crippen molar-refractivity contribution in [2.75, 3.05) is 0 Å². The second-order valence-corrected chi connectivity index (χ2v) is 4.38. The van der Waals surface area contributed by atoms with Crippen LogP contribution in [0.2, 0.25) is 0 Å². The topological polar surface area (TPSA) is 151 Å². The number of carbonyl (C=O) groups is 3. The average molecular weight is 306 g/mol. The van der Waals surface area contributed by atoms with E-state index in [0.717, 1.165) is 0 Å². The molecule has 0 atom stereocenters. The summed E-state index contributed by atoms with van der Waals surface area (Å²) < 4.78 is 4.90. The third-order valence-electron chi connectivity index (χ3n) is 3.01. The van der Waals surface area contributed by atoms with Crippen LogP contribution in [0, 0.1) is 5.41 Å². The fourth-order valence-electron chi connectivity index (χ4n) is 1.76. The quantitative estimate of drug-likeness (QED) is 0.648. The number of aromatic nitrogens is 2. The molecule has 0 radical (unpaired) electrons. The molecule has 0 spiro atoms. The summed E-state index contributed by atoms with van der Waals surface area (Å²) in [5.41, 5.74) is -2.54. The highest BCUT2D eigenvalue weighted by Gasteiger charge is 2.55. The standard InChI is InChI=1S/C13H10N2O7/c16-10(17)13(11(18)19,12(20)21)6-8-14-9(22-15-8)7-4-2-1-3-5-7/h1-5H,6H2,(H,16,17)(H,18,19)(H,20,21). The van der Waals surface area contributed by atoms with Gasteiger partial charge in [0, 0.05) is 12.0 Å². The van der Waals surface area contributed by atoms with Gasteiger partial charge in [0.25, 0.3) is 11.3 Å². The first kappa shape index (κ1) is 15.2. The Balaban J connectivity index is 2.37. The normalized spacial score (nSPS) is 11.1. The summed E-state index contributed by atoms with van der Waals surface area (Å²) in [5.74, 6) is -6.34. The number of nitrogens with zero attached hydrogens (tertiary/aromatic N) is 2. The van der Waals surface area contributed by atoms with E-state index in [1.807, 2.05) is 0 Å². The summed E-state index contributed by atoms with van der Waals surface area (Å²) in [6.45, 7) is 0. The highest BCUT2D eigenvalue weighted by molar-refractivity contribution is 6.16. The molecule has 0 aliphatic rings. The number of hydrogen-bond acceptors (Lipinski definition) is 6. The SMILES string of the molecule is O=C(O)C(Cc1noc(-c2ccccc2)n1)(C(=O)O)C(=O)O. The van der Waals surface area contributed by atoms with Gasteiger partial charge in [-0.3, -0.25) is 14.4 Å². The molecular weight excluding hydrogens is 296 g/mol. The summed E-state index contributed by atoms with van der Waals surface area (Å²) >= 11 is 0. The maximum absolute atomic E-state index is 11.1. The molecule has 0 unspecified atom stereocenters. The molecule has 3 N–H and O–H groups in total. The van der Waals surface area contributed by atoms with Gasteiger partial charge in [-0.25, -0.2) is 0 Å². The van der Waals surface area contributed by atoms with Gasteiger partial charge in [-0.1, -0.05) is 23.4 Å². The van der Waals surface area contributed by atoms with Gasteiger partial charge in [-0.05, 0) is 12.1 Å². The number of carboxylic acids is 3. The molecular formula is C13H10N2O7. The number of benzene rings is 1. The molecule has 22 heavy (non-hydrogen) atoms. The van der Waals surface area contributed by atoms with E-state index in [0.29, 0.717) is 5.56 Å². The van der Waals surface area contributed by atoms with Crippen molar-refractivity contribution in [1.82, 2.24) is 10.1 Å². The zero-order valence-electron chi connectivity index (χ0n) is 11.0. The van der Waals surface area contributed by atoms with Crippen molar-refractivity contribution in [1.29, 1.82) is 0 Å². The van der Waals surface area contributed by atoms with E-state index < -0.39 is 29.7 Å². The maximum Gasteiger partial charge on any atom is 0.333 e. The van der Waals surface area contributed by atoms with E-state index >= 15 is 0 Å². The lowest BCUT2D eigenvalue weighted by atomic mass is 9.84. The Morgan fingerprint density at radius 3 is 2.05 bits per heavy atom. The molecule has 114 valence electrons. The lowest BCUT2D eigenvalue weighted by molar-refractivity contribution is -0.175. The Morgan fingerprint density at radius 1 is 1.00 bits per heavy atom. The smallest absolute Gasteiger partial charge is 0.333 e. The van der Waals surface area contributed by atoms with Crippen LogP contribution in [0.4, 0.5) is 0 Å². The molecule has 1 aromatic carbocycles. The van der Waals surface area contributed by atoms with E-state index in [2.05, 4.69) is 10.1 Å². The molecule has 0 aliphatic heterocycles. The van der Waals surface area contributed by atoms with Crippen LogP contribution in [-0.4, -0.2) is 43.4 Å². The van der Waals surface area contributed by atoms with Crippen LogP contribution < -0.4 is 0 Å². The molecule has 2 aromatic rings. The predicted octanol–water partition coefficient (Wildman–Crippen LogP) is 0.519. The highest BCUT2D eigenvalue weighted by Crippen LogP contribution is 2.25. The molecule has 0 aliphatic carbocycles. The van der Waals surface area contributed by atoms with Crippen LogP contribution in [0.5, 0.6) is 0 Å². The monoisotopic (exact) mass is 306 g/mol. The highest BCUT2D eigenvalue weighted by atomic mass is 16.5. The first-order valence-electron chi connectivity index (χ1n) is 5.96. The van der Waals surface area contributed by atoms with Crippen LogP contribution in [0.25, 0.3) is 11.5 Å². The minimum Gasteiger partial charge on any atom is -0.480 e. The van der Waals surface area contributed by atoms with Gasteiger partial charge in [0.15, 0.2) is 5.82 Å². The first-order chi connectivity index (χ1) is 10.4. The minimum absolute atomic E-state index is 0.0330. The number of rotatable bonds is 6. The molecule has 0 bridgehead atoms. The molecule has 0 fully saturated rings. The lowest BCUT2D eigenvalue weighted by Crippen LogP contribution is -2.48. The Labute approximate surface area is 122 Å². The Kier molecular flexibility index (Phi) is 3.89. The second kappa shape index (κ2) is 5.64. The van der Waals surface area contributed by atoms with E-state index in [1.165, 1.54) is 0 Å². The third kappa shape index (κ3) is 2.51. The van der Waals surface area contributed by atoms with Gasteiger partial charge >= 0.3 is 17.9 Å². The summed E-state index contributed by atoms with van der Waals surface area (Å²) in [6, 6.07) is 8.46. The van der Waals surface area contributed by atoms with Crippen LogP contribution in [0.1, 0.15) is 5.82 Å². The minimum atomic E-state index is -3.07. The van der Waals surface area contributed by atoms with Gasteiger partial charge in [-0.2, -0.15) is 4.98 Å². The van der Waals surface area contributed by atoms with E-state index in [-0.39, 0.29) is 11.7 Å². The van der Waals surface area contributed by atoms with Crippen LogP contribution in [-0.2, 0) is 20.8 Å². The maximum atomic E-state index is 11.1. The molecule has 1 heterocycles. The zero-order valence-corrected chi connectivity index (χ0v) is 11.0. The van der Waals surface area contributed by atoms with Gasteiger partial charge < -0.3 is 19.8 Å². The van der Waals surface area contributed by atoms with Crippen molar-refractivity contribution in [2.24, 2.45) is 5.41 Å². The predicted molar refractivity (Wildman–Crippen MR) is 68.8 cm³/mol. The molecule has 2 rings (SSSR count). The summed E-state index contributed by atoms with van der Waals surface area (Å²) in [5, 5.41) is 30.5. The summed E-state index contributed by atoms with van der Waals surface area (Å²) in [7, 11) is 0. The van der Waals surface area contributed by atoms with Crippen molar-refractivity contribution in [3.8, 4) is 11.5 Å². The fraction of sp³-hybridized carbons (Fsp3) is 0.154. The molecule has 0 saturated heterocycles. The van der Waals surface area contributed by atoms with Crippen molar-refractivity contribution in [2.45, 2.75) is 6.42 Å². The van der Waals surface area contributed by atoms with Crippen LogP contribution >= 0.6 is 0 Å².